The van der Waals surface area contributed by atoms with Crippen LogP contribution >= 0.6 is 0 Å². The van der Waals surface area contributed by atoms with E-state index in [1.807, 2.05) is 13.8 Å². The summed E-state index contributed by atoms with van der Waals surface area (Å²) in [6.45, 7) is 7.48. The van der Waals surface area contributed by atoms with Crippen molar-refractivity contribution in [2.24, 2.45) is 5.92 Å². The maximum Gasteiger partial charge on any atom is 0.304 e. The second-order valence-corrected chi connectivity index (χ2v) is 5.06. The monoisotopic (exact) mass is 258 g/mol. The average Bonchev–Trinajstić information content (AvgIpc) is 2.29. The summed E-state index contributed by atoms with van der Waals surface area (Å²) in [4.78, 5) is 11.0. The molecule has 1 unspecified atom stereocenters. The van der Waals surface area contributed by atoms with Gasteiger partial charge in [-0.3, -0.25) is 4.79 Å². The van der Waals surface area contributed by atoms with Crippen LogP contribution < -0.4 is 0 Å². The van der Waals surface area contributed by atoms with E-state index in [-0.39, 0.29) is 24.3 Å². The standard InChI is InChI=1S/C14H26O4/c1-5-6-7-8-9-13-10(2)14(16-11(3)15)18-12(4)17-13/h10,12-14H,5-9H2,1-4H3/t10-,12+,13+,14?/m1/s1. The molecule has 1 aliphatic rings. The molecule has 4 heteroatoms. The van der Waals surface area contributed by atoms with Crippen LogP contribution in [-0.4, -0.2) is 24.7 Å². The third-order valence-electron chi connectivity index (χ3n) is 3.33. The Kier molecular flexibility index (Phi) is 6.65. The molecule has 106 valence electrons. The molecule has 18 heavy (non-hydrogen) atoms. The van der Waals surface area contributed by atoms with Crippen LogP contribution in [0.1, 0.15) is 59.8 Å². The van der Waals surface area contributed by atoms with Crippen molar-refractivity contribution in [1.82, 2.24) is 0 Å². The van der Waals surface area contributed by atoms with Crippen molar-refractivity contribution in [3.63, 3.8) is 0 Å². The van der Waals surface area contributed by atoms with Crippen molar-refractivity contribution in [2.75, 3.05) is 0 Å². The lowest BCUT2D eigenvalue weighted by molar-refractivity contribution is -0.315. The van der Waals surface area contributed by atoms with E-state index < -0.39 is 6.29 Å². The first kappa shape index (κ1) is 15.4. The van der Waals surface area contributed by atoms with Crippen LogP contribution in [0.2, 0.25) is 0 Å². The highest BCUT2D eigenvalue weighted by Crippen LogP contribution is 2.28. The van der Waals surface area contributed by atoms with E-state index in [9.17, 15) is 4.79 Å². The van der Waals surface area contributed by atoms with Gasteiger partial charge in [0.05, 0.1) is 6.10 Å². The molecule has 0 spiro atoms. The molecule has 1 saturated heterocycles. The molecule has 0 aromatic rings. The summed E-state index contributed by atoms with van der Waals surface area (Å²) in [6, 6.07) is 0. The van der Waals surface area contributed by atoms with Crippen LogP contribution in [0.15, 0.2) is 0 Å². The third-order valence-corrected chi connectivity index (χ3v) is 3.33. The first-order chi connectivity index (χ1) is 8.54. The Morgan fingerprint density at radius 2 is 1.89 bits per heavy atom. The second-order valence-electron chi connectivity index (χ2n) is 5.06. The quantitative estimate of drug-likeness (QED) is 0.542. The Hall–Kier alpha value is -0.610. The number of carbonyl (C=O) groups excluding carboxylic acids is 1. The Morgan fingerprint density at radius 3 is 2.50 bits per heavy atom. The highest BCUT2D eigenvalue weighted by molar-refractivity contribution is 5.66. The number of hydrogen-bond acceptors (Lipinski definition) is 4. The number of unbranched alkanes of at least 4 members (excludes halogenated alkanes) is 3. The summed E-state index contributed by atoms with van der Waals surface area (Å²) in [6.07, 6.45) is 5.24. The predicted octanol–water partition coefficient (Wildman–Crippen LogP) is 3.24. The summed E-state index contributed by atoms with van der Waals surface area (Å²) < 4.78 is 16.5. The summed E-state index contributed by atoms with van der Waals surface area (Å²) in [7, 11) is 0. The van der Waals surface area contributed by atoms with Gasteiger partial charge in [0, 0.05) is 12.8 Å². The van der Waals surface area contributed by atoms with Crippen LogP contribution in [0.5, 0.6) is 0 Å². The summed E-state index contributed by atoms with van der Waals surface area (Å²) in [5, 5.41) is 0. The maximum atomic E-state index is 11.0. The Labute approximate surface area is 110 Å². The van der Waals surface area contributed by atoms with Gasteiger partial charge in [-0.15, -0.1) is 0 Å². The molecule has 1 heterocycles. The number of ether oxygens (including phenoxy) is 3. The van der Waals surface area contributed by atoms with Crippen molar-refractivity contribution in [1.29, 1.82) is 0 Å². The molecule has 1 aliphatic heterocycles. The molecular formula is C14H26O4. The molecule has 0 bridgehead atoms. The molecule has 4 atom stereocenters. The van der Waals surface area contributed by atoms with E-state index in [1.165, 1.54) is 26.2 Å². The van der Waals surface area contributed by atoms with Gasteiger partial charge >= 0.3 is 5.97 Å². The van der Waals surface area contributed by atoms with Gasteiger partial charge < -0.3 is 14.2 Å². The van der Waals surface area contributed by atoms with Crippen LogP contribution in [0.25, 0.3) is 0 Å². The number of carbonyl (C=O) groups is 1. The Balaban J connectivity index is 2.42. The van der Waals surface area contributed by atoms with E-state index in [0.717, 1.165) is 12.8 Å². The smallest absolute Gasteiger partial charge is 0.304 e. The van der Waals surface area contributed by atoms with Crippen molar-refractivity contribution in [3.05, 3.63) is 0 Å². The van der Waals surface area contributed by atoms with E-state index in [0.29, 0.717) is 0 Å². The van der Waals surface area contributed by atoms with Gasteiger partial charge in [0.1, 0.15) is 0 Å². The van der Waals surface area contributed by atoms with E-state index in [4.69, 9.17) is 14.2 Å². The van der Waals surface area contributed by atoms with Crippen molar-refractivity contribution >= 4 is 5.97 Å². The zero-order valence-electron chi connectivity index (χ0n) is 12.0. The van der Waals surface area contributed by atoms with Crippen LogP contribution in [0.4, 0.5) is 0 Å². The van der Waals surface area contributed by atoms with E-state index >= 15 is 0 Å². The molecule has 0 saturated carbocycles. The lowest BCUT2D eigenvalue weighted by atomic mass is 9.97. The second kappa shape index (κ2) is 7.74. The minimum Gasteiger partial charge on any atom is -0.435 e. The minimum atomic E-state index is -0.470. The summed E-state index contributed by atoms with van der Waals surface area (Å²) in [5.41, 5.74) is 0. The van der Waals surface area contributed by atoms with Gasteiger partial charge in [0.2, 0.25) is 6.29 Å². The first-order valence-electron chi connectivity index (χ1n) is 7.02. The van der Waals surface area contributed by atoms with Crippen LogP contribution in [0.3, 0.4) is 0 Å². The van der Waals surface area contributed by atoms with Gasteiger partial charge in [-0.2, -0.15) is 0 Å². The topological polar surface area (TPSA) is 44.8 Å². The van der Waals surface area contributed by atoms with Gasteiger partial charge in [-0.05, 0) is 13.3 Å². The van der Waals surface area contributed by atoms with Crippen LogP contribution in [-0.2, 0) is 19.0 Å². The zero-order valence-corrected chi connectivity index (χ0v) is 12.0. The normalized spacial score (nSPS) is 32.2. The highest BCUT2D eigenvalue weighted by atomic mass is 16.8. The predicted molar refractivity (Wildman–Crippen MR) is 68.9 cm³/mol. The molecule has 1 fully saturated rings. The van der Waals surface area contributed by atoms with E-state index in [2.05, 4.69) is 6.92 Å². The molecule has 0 aromatic heterocycles. The summed E-state index contributed by atoms with van der Waals surface area (Å²) in [5.74, 6) is -0.211. The maximum absolute atomic E-state index is 11.0. The molecular weight excluding hydrogens is 232 g/mol. The Morgan fingerprint density at radius 1 is 1.17 bits per heavy atom. The number of rotatable bonds is 6. The average molecular weight is 258 g/mol. The first-order valence-corrected chi connectivity index (χ1v) is 7.02. The molecule has 0 radical (unpaired) electrons. The fourth-order valence-electron chi connectivity index (χ4n) is 2.29. The summed E-state index contributed by atoms with van der Waals surface area (Å²) >= 11 is 0. The minimum absolute atomic E-state index is 0.0896. The number of hydrogen-bond donors (Lipinski definition) is 0. The SMILES string of the molecule is CCCCCC[C@@H]1O[C@H](C)OC(OC(C)=O)[C@@H]1C. The zero-order chi connectivity index (χ0) is 13.5. The Bertz CT molecular complexity index is 254. The molecule has 1 rings (SSSR count). The van der Waals surface area contributed by atoms with Crippen LogP contribution in [0, 0.1) is 5.92 Å². The number of esters is 1. The molecule has 0 N–H and O–H groups in total. The largest absolute Gasteiger partial charge is 0.435 e. The molecule has 0 aliphatic carbocycles. The van der Waals surface area contributed by atoms with E-state index in [1.54, 1.807) is 0 Å². The molecule has 0 aromatic carbocycles. The lowest BCUT2D eigenvalue weighted by Crippen LogP contribution is -2.45. The lowest BCUT2D eigenvalue weighted by Gasteiger charge is -2.38. The van der Waals surface area contributed by atoms with Gasteiger partial charge in [-0.1, -0.05) is 39.5 Å². The molecule has 0 amide bonds. The van der Waals surface area contributed by atoms with Crippen molar-refractivity contribution in [2.45, 2.75) is 78.5 Å². The van der Waals surface area contributed by atoms with Gasteiger partial charge in [0.15, 0.2) is 6.29 Å². The fraction of sp³-hybridized carbons (Fsp3) is 0.929. The highest BCUT2D eigenvalue weighted by Gasteiger charge is 2.36. The molecule has 4 nitrogen and oxygen atoms in total. The van der Waals surface area contributed by atoms with Crippen molar-refractivity contribution < 1.29 is 19.0 Å². The third kappa shape index (κ3) is 4.94. The fourth-order valence-corrected chi connectivity index (χ4v) is 2.29. The van der Waals surface area contributed by atoms with Gasteiger partial charge in [0.25, 0.3) is 0 Å². The van der Waals surface area contributed by atoms with Gasteiger partial charge in [-0.25, -0.2) is 0 Å². The van der Waals surface area contributed by atoms with Crippen molar-refractivity contribution in [3.8, 4) is 0 Å².